The van der Waals surface area contributed by atoms with Gasteiger partial charge in [0.05, 0.1) is 12.3 Å². The molecule has 0 aliphatic heterocycles. The van der Waals surface area contributed by atoms with Gasteiger partial charge in [0.1, 0.15) is 0 Å². The molecule has 0 aliphatic carbocycles. The fraction of sp³-hybridized carbons (Fsp3) is 0.389. The smallest absolute Gasteiger partial charge is 0.255 e. The van der Waals surface area contributed by atoms with E-state index in [1.54, 1.807) is 7.11 Å². The van der Waals surface area contributed by atoms with E-state index in [1.165, 1.54) is 5.56 Å². The molecule has 0 bridgehead atoms. The molecule has 2 aromatic rings. The summed E-state index contributed by atoms with van der Waals surface area (Å²) < 4.78 is 6.99. The van der Waals surface area contributed by atoms with Crippen molar-refractivity contribution in [3.63, 3.8) is 0 Å². The highest BCUT2D eigenvalue weighted by Gasteiger charge is 2.12. The molecule has 1 N–H and O–H groups in total. The van der Waals surface area contributed by atoms with Crippen LogP contribution in [0.25, 0.3) is 11.3 Å². The zero-order chi connectivity index (χ0) is 16.1. The second kappa shape index (κ2) is 7.38. The molecule has 0 aliphatic rings. The maximum atomic E-state index is 12.7. The van der Waals surface area contributed by atoms with E-state index in [0.29, 0.717) is 19.7 Å². The Hall–Kier alpha value is -1.91. The summed E-state index contributed by atoms with van der Waals surface area (Å²) >= 11 is 0. The van der Waals surface area contributed by atoms with Gasteiger partial charge in [-0.25, -0.2) is 0 Å². The minimum absolute atomic E-state index is 0.0461. The van der Waals surface area contributed by atoms with Crippen LogP contribution < -0.4 is 10.9 Å². The van der Waals surface area contributed by atoms with Crippen molar-refractivity contribution in [3.05, 3.63) is 57.4 Å². The molecule has 0 amide bonds. The molecule has 0 fully saturated rings. The Kier molecular flexibility index (Phi) is 5.52. The van der Waals surface area contributed by atoms with Gasteiger partial charge in [-0.05, 0) is 38.6 Å². The van der Waals surface area contributed by atoms with Crippen LogP contribution in [0.5, 0.6) is 0 Å². The molecule has 0 saturated heterocycles. The van der Waals surface area contributed by atoms with Crippen molar-refractivity contribution in [2.24, 2.45) is 0 Å². The molecule has 1 heterocycles. The number of rotatable bonds is 6. The van der Waals surface area contributed by atoms with Gasteiger partial charge in [-0.3, -0.25) is 4.79 Å². The van der Waals surface area contributed by atoms with Crippen LogP contribution >= 0.6 is 0 Å². The molecular formula is C18H24N2O2. The average Bonchev–Trinajstić information content (AvgIpc) is 2.51. The third-order valence-corrected chi connectivity index (χ3v) is 3.81. The summed E-state index contributed by atoms with van der Waals surface area (Å²) in [6.45, 7) is 5.77. The van der Waals surface area contributed by atoms with Crippen LogP contribution in [0.4, 0.5) is 0 Å². The number of pyridine rings is 1. The quantitative estimate of drug-likeness (QED) is 0.891. The average molecular weight is 300 g/mol. The number of aromatic nitrogens is 1. The van der Waals surface area contributed by atoms with E-state index in [-0.39, 0.29) is 5.56 Å². The first-order valence-electron chi connectivity index (χ1n) is 7.52. The summed E-state index contributed by atoms with van der Waals surface area (Å²) in [6, 6.07) is 10.3. The van der Waals surface area contributed by atoms with Crippen LogP contribution in [0.3, 0.4) is 0 Å². The van der Waals surface area contributed by atoms with Gasteiger partial charge in [-0.2, -0.15) is 0 Å². The number of aryl methyl sites for hydroxylation is 2. The van der Waals surface area contributed by atoms with Gasteiger partial charge in [0, 0.05) is 31.3 Å². The normalized spacial score (nSPS) is 10.9. The fourth-order valence-electron chi connectivity index (χ4n) is 2.60. The third-order valence-electron chi connectivity index (χ3n) is 3.81. The van der Waals surface area contributed by atoms with Gasteiger partial charge in [-0.15, -0.1) is 0 Å². The van der Waals surface area contributed by atoms with E-state index < -0.39 is 0 Å². The van der Waals surface area contributed by atoms with Gasteiger partial charge in [-0.1, -0.05) is 23.8 Å². The highest BCUT2D eigenvalue weighted by atomic mass is 16.5. The van der Waals surface area contributed by atoms with E-state index >= 15 is 0 Å². The number of nitrogens with zero attached hydrogens (tertiary/aromatic N) is 1. The lowest BCUT2D eigenvalue weighted by molar-refractivity contribution is 0.186. The molecule has 0 saturated carbocycles. The second-order valence-electron chi connectivity index (χ2n) is 5.54. The summed E-state index contributed by atoms with van der Waals surface area (Å²) in [4.78, 5) is 12.7. The summed E-state index contributed by atoms with van der Waals surface area (Å²) in [7, 11) is 3.50. The highest BCUT2D eigenvalue weighted by molar-refractivity contribution is 5.65. The van der Waals surface area contributed by atoms with E-state index in [2.05, 4.69) is 37.4 Å². The first-order valence-corrected chi connectivity index (χ1v) is 7.52. The molecule has 1 aromatic carbocycles. The second-order valence-corrected chi connectivity index (χ2v) is 5.54. The van der Waals surface area contributed by atoms with Gasteiger partial charge < -0.3 is 14.6 Å². The van der Waals surface area contributed by atoms with Crippen molar-refractivity contribution in [3.8, 4) is 11.3 Å². The minimum atomic E-state index is 0.0461. The Bertz CT molecular complexity index is 705. The number of methoxy groups -OCH3 is 1. The molecule has 4 heteroatoms. The topological polar surface area (TPSA) is 43.3 Å². The number of ether oxygens (including phenoxy) is 1. The maximum absolute atomic E-state index is 12.7. The number of benzene rings is 1. The zero-order valence-corrected chi connectivity index (χ0v) is 13.8. The van der Waals surface area contributed by atoms with E-state index in [1.807, 2.05) is 23.7 Å². The van der Waals surface area contributed by atoms with Crippen LogP contribution in [-0.2, 0) is 17.8 Å². The fourth-order valence-corrected chi connectivity index (χ4v) is 2.60. The third kappa shape index (κ3) is 3.46. The summed E-state index contributed by atoms with van der Waals surface area (Å²) in [6.07, 6.45) is 0. The van der Waals surface area contributed by atoms with Gasteiger partial charge >= 0.3 is 0 Å². The zero-order valence-electron chi connectivity index (χ0n) is 13.8. The summed E-state index contributed by atoms with van der Waals surface area (Å²) in [5, 5.41) is 3.04. The predicted octanol–water partition coefficient (Wildman–Crippen LogP) is 2.50. The Morgan fingerprint density at radius 1 is 1.18 bits per heavy atom. The van der Waals surface area contributed by atoms with E-state index in [0.717, 1.165) is 22.4 Å². The monoisotopic (exact) mass is 300 g/mol. The predicted molar refractivity (Wildman–Crippen MR) is 90.3 cm³/mol. The van der Waals surface area contributed by atoms with Crippen LogP contribution in [0.15, 0.2) is 35.1 Å². The van der Waals surface area contributed by atoms with Crippen molar-refractivity contribution in [1.29, 1.82) is 0 Å². The van der Waals surface area contributed by atoms with Crippen molar-refractivity contribution >= 4 is 0 Å². The molecule has 0 spiro atoms. The Balaban J connectivity index is 2.61. The summed E-state index contributed by atoms with van der Waals surface area (Å²) in [5.41, 5.74) is 5.22. The molecular weight excluding hydrogens is 276 g/mol. The lowest BCUT2D eigenvalue weighted by Gasteiger charge is -2.16. The molecule has 0 radical (unpaired) electrons. The van der Waals surface area contributed by atoms with E-state index in [4.69, 9.17) is 4.74 Å². The van der Waals surface area contributed by atoms with Crippen LogP contribution in [0, 0.1) is 13.8 Å². The molecule has 2 rings (SSSR count). The van der Waals surface area contributed by atoms with Crippen molar-refractivity contribution in [2.75, 3.05) is 20.8 Å². The molecule has 1 aromatic heterocycles. The van der Waals surface area contributed by atoms with Crippen molar-refractivity contribution < 1.29 is 4.74 Å². The SMILES string of the molecule is CNCc1ccc(-c2cc(C)ccc2C)n(CCOC)c1=O. The molecule has 0 atom stereocenters. The highest BCUT2D eigenvalue weighted by Crippen LogP contribution is 2.24. The Morgan fingerprint density at radius 3 is 2.64 bits per heavy atom. The lowest BCUT2D eigenvalue weighted by Crippen LogP contribution is -2.28. The first-order chi connectivity index (χ1) is 10.6. The van der Waals surface area contributed by atoms with Crippen LogP contribution in [-0.4, -0.2) is 25.3 Å². The molecule has 118 valence electrons. The van der Waals surface area contributed by atoms with Gasteiger partial charge in [0.15, 0.2) is 0 Å². The lowest BCUT2D eigenvalue weighted by atomic mass is 10.0. The Labute approximate surface area is 131 Å². The van der Waals surface area contributed by atoms with Gasteiger partial charge in [0.25, 0.3) is 5.56 Å². The van der Waals surface area contributed by atoms with Gasteiger partial charge in [0.2, 0.25) is 0 Å². The van der Waals surface area contributed by atoms with Crippen molar-refractivity contribution in [1.82, 2.24) is 9.88 Å². The molecule has 0 unspecified atom stereocenters. The molecule has 22 heavy (non-hydrogen) atoms. The maximum Gasteiger partial charge on any atom is 0.255 e. The Morgan fingerprint density at radius 2 is 1.95 bits per heavy atom. The van der Waals surface area contributed by atoms with Crippen molar-refractivity contribution in [2.45, 2.75) is 26.9 Å². The minimum Gasteiger partial charge on any atom is -0.383 e. The standard InChI is InChI=1S/C18H24N2O2/c1-13-5-6-14(2)16(11-13)17-8-7-15(12-19-3)18(21)20(17)9-10-22-4/h5-8,11,19H,9-10,12H2,1-4H3. The number of nitrogens with one attached hydrogen (secondary N) is 1. The van der Waals surface area contributed by atoms with E-state index in [9.17, 15) is 4.79 Å². The first kappa shape index (κ1) is 16.5. The number of hydrogen-bond acceptors (Lipinski definition) is 3. The van der Waals surface area contributed by atoms with Crippen LogP contribution in [0.2, 0.25) is 0 Å². The summed E-state index contributed by atoms with van der Waals surface area (Å²) in [5.74, 6) is 0. The largest absolute Gasteiger partial charge is 0.383 e. The molecule has 4 nitrogen and oxygen atoms in total. The van der Waals surface area contributed by atoms with Crippen LogP contribution in [0.1, 0.15) is 16.7 Å². The number of hydrogen-bond donors (Lipinski definition) is 1.